The second-order valence-electron chi connectivity index (χ2n) is 6.30. The standard InChI is InChI=1S/C21H19N3O3S/c1-13-18(20(25)26)19(16-5-3-4-15(10-16)11-22)24-21(23-13)28-12-14-6-8-17(27-2)9-7-14/h3-10,18-19H,12H2,1-2H3,(H,25,26). The van der Waals surface area contributed by atoms with Gasteiger partial charge in [0.1, 0.15) is 11.7 Å². The number of nitrogens with zero attached hydrogens (tertiary/aromatic N) is 3. The Hall–Kier alpha value is -3.11. The van der Waals surface area contributed by atoms with Crippen LogP contribution in [0.1, 0.15) is 29.7 Å². The number of rotatable bonds is 5. The van der Waals surface area contributed by atoms with E-state index in [9.17, 15) is 9.90 Å². The number of carbonyl (C=O) groups is 1. The molecular weight excluding hydrogens is 374 g/mol. The molecule has 1 heterocycles. The zero-order chi connectivity index (χ0) is 20.1. The fourth-order valence-electron chi connectivity index (χ4n) is 2.98. The molecule has 7 heteroatoms. The van der Waals surface area contributed by atoms with Gasteiger partial charge in [-0.15, -0.1) is 0 Å². The molecule has 6 nitrogen and oxygen atoms in total. The van der Waals surface area contributed by atoms with Gasteiger partial charge in [-0.3, -0.25) is 9.79 Å². The van der Waals surface area contributed by atoms with Gasteiger partial charge in [0, 0.05) is 11.5 Å². The first-order chi connectivity index (χ1) is 13.5. The third-order valence-electron chi connectivity index (χ3n) is 4.44. The average Bonchev–Trinajstić information content (AvgIpc) is 2.71. The fourth-order valence-corrected chi connectivity index (χ4v) is 3.87. The number of aliphatic imine (C=N–C) groups is 2. The minimum atomic E-state index is -0.975. The lowest BCUT2D eigenvalue weighted by molar-refractivity contribution is -0.140. The minimum absolute atomic E-state index is 0.476. The molecule has 0 saturated carbocycles. The predicted molar refractivity (Wildman–Crippen MR) is 110 cm³/mol. The summed E-state index contributed by atoms with van der Waals surface area (Å²) >= 11 is 1.45. The van der Waals surface area contributed by atoms with Gasteiger partial charge in [0.05, 0.1) is 24.8 Å². The zero-order valence-corrected chi connectivity index (χ0v) is 16.3. The molecule has 2 aromatic rings. The maximum atomic E-state index is 11.8. The number of hydrogen-bond acceptors (Lipinski definition) is 6. The van der Waals surface area contributed by atoms with Crippen molar-refractivity contribution in [2.45, 2.75) is 18.7 Å². The van der Waals surface area contributed by atoms with Crippen LogP contribution in [0.3, 0.4) is 0 Å². The predicted octanol–water partition coefficient (Wildman–Crippen LogP) is 4.07. The van der Waals surface area contributed by atoms with Crippen LogP contribution in [0.2, 0.25) is 0 Å². The van der Waals surface area contributed by atoms with Gasteiger partial charge < -0.3 is 9.84 Å². The largest absolute Gasteiger partial charge is 0.497 e. The fraction of sp³-hybridized carbons (Fsp3) is 0.238. The van der Waals surface area contributed by atoms with Crippen LogP contribution in [0.25, 0.3) is 0 Å². The van der Waals surface area contributed by atoms with Gasteiger partial charge in [0.25, 0.3) is 0 Å². The summed E-state index contributed by atoms with van der Waals surface area (Å²) in [5, 5.41) is 19.4. The van der Waals surface area contributed by atoms with Crippen LogP contribution in [0, 0.1) is 17.2 Å². The number of carboxylic acids is 1. The minimum Gasteiger partial charge on any atom is -0.497 e. The third-order valence-corrected chi connectivity index (χ3v) is 5.37. The second kappa shape index (κ2) is 8.72. The number of amidine groups is 1. The quantitative estimate of drug-likeness (QED) is 0.826. The van der Waals surface area contributed by atoms with Gasteiger partial charge >= 0.3 is 5.97 Å². The maximum Gasteiger partial charge on any atom is 0.314 e. The summed E-state index contributed by atoms with van der Waals surface area (Å²) in [5.41, 5.74) is 2.77. The molecule has 1 aliphatic rings. The molecule has 1 N–H and O–H groups in total. The average molecular weight is 393 g/mol. The Bertz CT molecular complexity index is 977. The highest BCUT2D eigenvalue weighted by Crippen LogP contribution is 2.34. The van der Waals surface area contributed by atoms with E-state index < -0.39 is 17.9 Å². The summed E-state index contributed by atoms with van der Waals surface area (Å²) in [7, 11) is 1.62. The molecule has 2 aromatic carbocycles. The third kappa shape index (κ3) is 4.41. The summed E-state index contributed by atoms with van der Waals surface area (Å²) in [6.45, 7) is 1.71. The molecule has 0 radical (unpaired) electrons. The highest BCUT2D eigenvalue weighted by molar-refractivity contribution is 8.13. The normalized spacial score (nSPS) is 18.6. The molecule has 0 aromatic heterocycles. The number of thioether (sulfide) groups is 1. The molecular formula is C21H19N3O3S. The van der Waals surface area contributed by atoms with E-state index in [2.05, 4.69) is 16.1 Å². The van der Waals surface area contributed by atoms with E-state index in [0.717, 1.165) is 11.3 Å². The highest BCUT2D eigenvalue weighted by atomic mass is 32.2. The van der Waals surface area contributed by atoms with Crippen molar-refractivity contribution in [2.75, 3.05) is 7.11 Å². The lowest BCUT2D eigenvalue weighted by Crippen LogP contribution is -2.31. The van der Waals surface area contributed by atoms with E-state index in [0.29, 0.717) is 27.8 Å². The molecule has 0 bridgehead atoms. The van der Waals surface area contributed by atoms with Gasteiger partial charge in [0.2, 0.25) is 0 Å². The number of benzene rings is 2. The van der Waals surface area contributed by atoms with Crippen LogP contribution in [-0.4, -0.2) is 29.1 Å². The zero-order valence-electron chi connectivity index (χ0n) is 15.5. The van der Waals surface area contributed by atoms with Crippen molar-refractivity contribution in [2.24, 2.45) is 15.9 Å². The van der Waals surface area contributed by atoms with Crippen LogP contribution in [0.4, 0.5) is 0 Å². The first kappa shape index (κ1) is 19.6. The molecule has 0 amide bonds. The Morgan fingerprint density at radius 3 is 2.68 bits per heavy atom. The molecule has 1 aliphatic heterocycles. The van der Waals surface area contributed by atoms with E-state index in [1.54, 1.807) is 38.3 Å². The number of aliphatic carboxylic acids is 1. The highest BCUT2D eigenvalue weighted by Gasteiger charge is 2.35. The van der Waals surface area contributed by atoms with Crippen molar-refractivity contribution in [1.29, 1.82) is 5.26 Å². The first-order valence-corrected chi connectivity index (χ1v) is 9.62. The van der Waals surface area contributed by atoms with E-state index in [-0.39, 0.29) is 0 Å². The summed E-state index contributed by atoms with van der Waals surface area (Å²) in [4.78, 5) is 20.8. The topological polar surface area (TPSA) is 95.0 Å². The Balaban J connectivity index is 1.85. The summed E-state index contributed by atoms with van der Waals surface area (Å²) in [6, 6.07) is 16.1. The van der Waals surface area contributed by atoms with Crippen LogP contribution in [0.5, 0.6) is 5.75 Å². The molecule has 28 heavy (non-hydrogen) atoms. The van der Waals surface area contributed by atoms with E-state index in [1.165, 1.54) is 11.8 Å². The Morgan fingerprint density at radius 2 is 2.04 bits per heavy atom. The Morgan fingerprint density at radius 1 is 1.29 bits per heavy atom. The van der Waals surface area contributed by atoms with E-state index in [4.69, 9.17) is 10.00 Å². The van der Waals surface area contributed by atoms with Crippen molar-refractivity contribution in [1.82, 2.24) is 0 Å². The van der Waals surface area contributed by atoms with Gasteiger partial charge in [-0.1, -0.05) is 36.0 Å². The van der Waals surface area contributed by atoms with Gasteiger partial charge in [-0.25, -0.2) is 4.99 Å². The molecule has 0 spiro atoms. The van der Waals surface area contributed by atoms with Crippen molar-refractivity contribution >= 4 is 28.6 Å². The molecule has 3 rings (SSSR count). The smallest absolute Gasteiger partial charge is 0.314 e. The lowest BCUT2D eigenvalue weighted by Gasteiger charge is -2.25. The summed E-state index contributed by atoms with van der Waals surface area (Å²) < 4.78 is 5.16. The van der Waals surface area contributed by atoms with Crippen molar-refractivity contribution in [3.63, 3.8) is 0 Å². The van der Waals surface area contributed by atoms with Crippen molar-refractivity contribution in [3.8, 4) is 11.8 Å². The number of methoxy groups -OCH3 is 1. The molecule has 0 aliphatic carbocycles. The number of nitriles is 1. The van der Waals surface area contributed by atoms with Crippen LogP contribution in [0.15, 0.2) is 58.5 Å². The van der Waals surface area contributed by atoms with E-state index in [1.807, 2.05) is 24.3 Å². The molecule has 0 fully saturated rings. The second-order valence-corrected chi connectivity index (χ2v) is 7.24. The van der Waals surface area contributed by atoms with Crippen molar-refractivity contribution in [3.05, 3.63) is 65.2 Å². The lowest BCUT2D eigenvalue weighted by atomic mass is 9.88. The monoisotopic (exact) mass is 393 g/mol. The van der Waals surface area contributed by atoms with Gasteiger partial charge in [-0.2, -0.15) is 5.26 Å². The first-order valence-electron chi connectivity index (χ1n) is 8.63. The maximum absolute atomic E-state index is 11.8. The van der Waals surface area contributed by atoms with Gasteiger partial charge in [-0.05, 0) is 42.3 Å². The summed E-state index contributed by atoms with van der Waals surface area (Å²) in [6.07, 6.45) is 0. The molecule has 142 valence electrons. The Labute approximate surface area is 167 Å². The molecule has 2 unspecified atom stereocenters. The van der Waals surface area contributed by atoms with E-state index >= 15 is 0 Å². The van der Waals surface area contributed by atoms with Crippen molar-refractivity contribution < 1.29 is 14.6 Å². The van der Waals surface area contributed by atoms with Crippen LogP contribution >= 0.6 is 11.8 Å². The van der Waals surface area contributed by atoms with Crippen LogP contribution < -0.4 is 4.74 Å². The number of ether oxygens (including phenoxy) is 1. The number of carboxylic acid groups (broad SMARTS) is 1. The molecule has 0 saturated heterocycles. The number of hydrogen-bond donors (Lipinski definition) is 1. The SMILES string of the molecule is COc1ccc(CSC2=NC(c3cccc(C#N)c3)C(C(=O)O)C(C)=N2)cc1. The molecule has 2 atom stereocenters. The van der Waals surface area contributed by atoms with Gasteiger partial charge in [0.15, 0.2) is 5.17 Å². The Kier molecular flexibility index (Phi) is 6.12. The van der Waals surface area contributed by atoms with Crippen LogP contribution in [-0.2, 0) is 10.5 Å². The summed E-state index contributed by atoms with van der Waals surface area (Å²) in [5.74, 6) is -0.377.